The molecule has 0 bridgehead atoms. The van der Waals surface area contributed by atoms with Crippen molar-refractivity contribution in [2.24, 2.45) is 0 Å². The molecule has 0 N–H and O–H groups in total. The lowest BCUT2D eigenvalue weighted by atomic mass is 9.95. The van der Waals surface area contributed by atoms with E-state index in [1.807, 2.05) is 0 Å². The molecule has 1 aliphatic heterocycles. The highest BCUT2D eigenvalue weighted by molar-refractivity contribution is 7.08. The third-order valence-corrected chi connectivity index (χ3v) is 6.02. The van der Waals surface area contributed by atoms with E-state index < -0.39 is 11.9 Å². The van der Waals surface area contributed by atoms with E-state index in [1.54, 1.807) is 53.1 Å². The minimum Gasteiger partial charge on any atom is -0.497 e. The number of piperidine rings is 1. The lowest BCUT2D eigenvalue weighted by Crippen LogP contribution is -2.38. The number of aromatic nitrogens is 2. The van der Waals surface area contributed by atoms with Crippen LogP contribution in [0.5, 0.6) is 5.75 Å². The van der Waals surface area contributed by atoms with Crippen LogP contribution < -0.4 is 4.74 Å². The number of rotatable bonds is 4. The molecule has 162 valence electrons. The molecule has 0 radical (unpaired) electrons. The summed E-state index contributed by atoms with van der Waals surface area (Å²) in [7, 11) is 1.56. The van der Waals surface area contributed by atoms with Crippen LogP contribution in [-0.2, 0) is 6.18 Å². The van der Waals surface area contributed by atoms with E-state index >= 15 is 0 Å². The Kier molecular flexibility index (Phi) is 5.95. The first kappa shape index (κ1) is 21.3. The largest absolute Gasteiger partial charge is 0.497 e. The minimum absolute atomic E-state index is 0.106. The number of alkyl halides is 3. The lowest BCUT2D eigenvalue weighted by Gasteiger charge is -2.31. The van der Waals surface area contributed by atoms with Gasteiger partial charge in [-0.15, -0.1) is 0 Å². The Hall–Kier alpha value is -2.94. The fourth-order valence-corrected chi connectivity index (χ4v) is 4.26. The van der Waals surface area contributed by atoms with Crippen LogP contribution in [0, 0.1) is 0 Å². The van der Waals surface area contributed by atoms with E-state index in [2.05, 4.69) is 9.97 Å². The van der Waals surface area contributed by atoms with Gasteiger partial charge in [0.25, 0.3) is 5.91 Å². The second-order valence-corrected chi connectivity index (χ2v) is 8.08. The molecule has 1 fully saturated rings. The molecule has 31 heavy (non-hydrogen) atoms. The van der Waals surface area contributed by atoms with E-state index in [0.717, 1.165) is 6.07 Å². The van der Waals surface area contributed by atoms with Crippen LogP contribution in [-0.4, -0.2) is 41.0 Å². The average Bonchev–Trinajstić information content (AvgIpc) is 3.33. The van der Waals surface area contributed by atoms with Gasteiger partial charge in [0.15, 0.2) is 0 Å². The zero-order valence-corrected chi connectivity index (χ0v) is 17.5. The number of thiophene rings is 1. The summed E-state index contributed by atoms with van der Waals surface area (Å²) >= 11 is 1.40. The summed E-state index contributed by atoms with van der Waals surface area (Å²) in [5, 5.41) is 3.57. The Morgan fingerprint density at radius 1 is 1.13 bits per heavy atom. The molecular formula is C22H20F3N3O2S. The maximum Gasteiger partial charge on any atom is 0.433 e. The van der Waals surface area contributed by atoms with Gasteiger partial charge in [-0.1, -0.05) is 0 Å². The van der Waals surface area contributed by atoms with Crippen molar-refractivity contribution >= 4 is 17.2 Å². The van der Waals surface area contributed by atoms with E-state index in [1.165, 1.54) is 11.3 Å². The molecule has 0 spiro atoms. The molecule has 1 aliphatic rings. The van der Waals surface area contributed by atoms with Gasteiger partial charge in [-0.2, -0.15) is 24.5 Å². The molecule has 9 heteroatoms. The SMILES string of the molecule is COc1ccc(C(=O)N2CCC(c3nc(-c4ccsc4)cc(C(F)(F)F)n3)CC2)cc1. The van der Waals surface area contributed by atoms with E-state index in [9.17, 15) is 18.0 Å². The zero-order valence-electron chi connectivity index (χ0n) is 16.7. The van der Waals surface area contributed by atoms with Gasteiger partial charge in [0.1, 0.15) is 17.3 Å². The quantitative estimate of drug-likeness (QED) is 0.548. The summed E-state index contributed by atoms with van der Waals surface area (Å²) in [5.41, 5.74) is 0.534. The van der Waals surface area contributed by atoms with Crippen molar-refractivity contribution in [2.75, 3.05) is 20.2 Å². The molecular weight excluding hydrogens is 427 g/mol. The number of likely N-dealkylation sites (tertiary alicyclic amines) is 1. The van der Waals surface area contributed by atoms with Crippen LogP contribution in [0.15, 0.2) is 47.2 Å². The van der Waals surface area contributed by atoms with Gasteiger partial charge in [-0.05, 0) is 54.6 Å². The Labute approximate surface area is 181 Å². The number of nitrogens with zero attached hydrogens (tertiary/aromatic N) is 3. The fourth-order valence-electron chi connectivity index (χ4n) is 3.61. The van der Waals surface area contributed by atoms with Crippen LogP contribution in [0.2, 0.25) is 0 Å². The van der Waals surface area contributed by atoms with Gasteiger partial charge in [0.2, 0.25) is 0 Å². The van der Waals surface area contributed by atoms with E-state index in [0.29, 0.717) is 42.8 Å². The maximum atomic E-state index is 13.4. The van der Waals surface area contributed by atoms with Crippen molar-refractivity contribution in [2.45, 2.75) is 24.9 Å². The van der Waals surface area contributed by atoms with Crippen LogP contribution in [0.25, 0.3) is 11.3 Å². The number of carbonyl (C=O) groups is 1. The monoisotopic (exact) mass is 447 g/mol. The topological polar surface area (TPSA) is 55.3 Å². The number of ether oxygens (including phenoxy) is 1. The highest BCUT2D eigenvalue weighted by atomic mass is 32.1. The third-order valence-electron chi connectivity index (χ3n) is 5.34. The number of hydrogen-bond donors (Lipinski definition) is 0. The Morgan fingerprint density at radius 3 is 2.42 bits per heavy atom. The number of halogens is 3. The number of hydrogen-bond acceptors (Lipinski definition) is 5. The predicted molar refractivity (Wildman–Crippen MR) is 111 cm³/mol. The van der Waals surface area contributed by atoms with Crippen molar-refractivity contribution in [3.8, 4) is 17.0 Å². The summed E-state index contributed by atoms with van der Waals surface area (Å²) < 4.78 is 45.4. The molecule has 1 saturated heterocycles. The maximum absolute atomic E-state index is 13.4. The molecule has 4 rings (SSSR count). The van der Waals surface area contributed by atoms with Crippen LogP contribution in [0.4, 0.5) is 13.2 Å². The van der Waals surface area contributed by atoms with Gasteiger partial charge in [0.05, 0.1) is 12.8 Å². The molecule has 1 aromatic carbocycles. The second-order valence-electron chi connectivity index (χ2n) is 7.30. The van der Waals surface area contributed by atoms with Crippen molar-refractivity contribution < 1.29 is 22.7 Å². The number of benzene rings is 1. The fraction of sp³-hybridized carbons (Fsp3) is 0.318. The standard InChI is InChI=1S/C22H20F3N3O2S/c1-30-17-4-2-15(3-5-17)21(29)28-9-6-14(7-10-28)20-26-18(16-8-11-31-13-16)12-19(27-20)22(23,24)25/h2-5,8,11-14H,6-7,9-10H2,1H3. The van der Waals surface area contributed by atoms with Crippen LogP contribution in [0.3, 0.4) is 0 Å². The molecule has 3 aromatic rings. The molecule has 5 nitrogen and oxygen atoms in total. The first-order valence-corrected chi connectivity index (χ1v) is 10.7. The predicted octanol–water partition coefficient (Wildman–Crippen LogP) is 5.25. The summed E-state index contributed by atoms with van der Waals surface area (Å²) in [5.74, 6) is 0.510. The number of amides is 1. The zero-order chi connectivity index (χ0) is 22.0. The molecule has 2 aromatic heterocycles. The highest BCUT2D eigenvalue weighted by Crippen LogP contribution is 2.34. The van der Waals surface area contributed by atoms with Crippen LogP contribution in [0.1, 0.15) is 40.6 Å². The third kappa shape index (κ3) is 4.71. The second kappa shape index (κ2) is 8.66. The molecule has 3 heterocycles. The van der Waals surface area contributed by atoms with Crippen molar-refractivity contribution in [1.82, 2.24) is 14.9 Å². The Morgan fingerprint density at radius 2 is 1.84 bits per heavy atom. The lowest BCUT2D eigenvalue weighted by molar-refractivity contribution is -0.141. The summed E-state index contributed by atoms with van der Waals surface area (Å²) in [6.45, 7) is 0.867. The van der Waals surface area contributed by atoms with Crippen LogP contribution >= 0.6 is 11.3 Å². The number of carbonyl (C=O) groups excluding carboxylic acids is 1. The summed E-state index contributed by atoms with van der Waals surface area (Å²) in [6.07, 6.45) is -3.54. The summed E-state index contributed by atoms with van der Waals surface area (Å²) in [4.78, 5) is 22.7. The highest BCUT2D eigenvalue weighted by Gasteiger charge is 2.35. The minimum atomic E-state index is -4.55. The van der Waals surface area contributed by atoms with Gasteiger partial charge >= 0.3 is 6.18 Å². The Bertz CT molecular complexity index is 1040. The number of methoxy groups -OCH3 is 1. The van der Waals surface area contributed by atoms with E-state index in [-0.39, 0.29) is 23.3 Å². The molecule has 0 aliphatic carbocycles. The van der Waals surface area contributed by atoms with Gasteiger partial charge in [-0.3, -0.25) is 4.79 Å². The van der Waals surface area contributed by atoms with Crippen molar-refractivity contribution in [3.05, 3.63) is 64.2 Å². The van der Waals surface area contributed by atoms with Gasteiger partial charge in [-0.25, -0.2) is 9.97 Å². The van der Waals surface area contributed by atoms with Gasteiger partial charge in [0, 0.05) is 35.5 Å². The average molecular weight is 447 g/mol. The normalized spacial score (nSPS) is 15.2. The van der Waals surface area contributed by atoms with Gasteiger partial charge < -0.3 is 9.64 Å². The molecule has 1 amide bonds. The molecule has 0 unspecified atom stereocenters. The molecule has 0 saturated carbocycles. The molecule has 0 atom stereocenters. The van der Waals surface area contributed by atoms with Crippen molar-refractivity contribution in [1.29, 1.82) is 0 Å². The van der Waals surface area contributed by atoms with E-state index in [4.69, 9.17) is 4.74 Å². The summed E-state index contributed by atoms with van der Waals surface area (Å²) in [6, 6.07) is 9.60. The smallest absolute Gasteiger partial charge is 0.433 e. The first-order chi connectivity index (χ1) is 14.8. The first-order valence-electron chi connectivity index (χ1n) is 9.77. The van der Waals surface area contributed by atoms with Crippen molar-refractivity contribution in [3.63, 3.8) is 0 Å². The Balaban J connectivity index is 1.51.